The van der Waals surface area contributed by atoms with Gasteiger partial charge in [-0.1, -0.05) is 51.1 Å². The number of sulfone groups is 1. The summed E-state index contributed by atoms with van der Waals surface area (Å²) in [5.41, 5.74) is 2.07. The number of carbonyl (C=O) groups is 1. The Kier molecular flexibility index (Phi) is 6.64. The summed E-state index contributed by atoms with van der Waals surface area (Å²) in [6, 6.07) is 16.1. The highest BCUT2D eigenvalue weighted by Gasteiger charge is 2.31. The van der Waals surface area contributed by atoms with Gasteiger partial charge in [-0.15, -0.1) is 11.3 Å². The fourth-order valence-corrected chi connectivity index (χ4v) is 7.30. The molecule has 0 radical (unpaired) electrons. The van der Waals surface area contributed by atoms with Crippen molar-refractivity contribution < 1.29 is 17.9 Å². The van der Waals surface area contributed by atoms with E-state index in [9.17, 15) is 13.2 Å². The lowest BCUT2D eigenvalue weighted by molar-refractivity contribution is -0.118. The standard InChI is InChI=1S/C26H29NO4S2/c1-26(2,3)18-13-15-19(16-14-18)31-17-23(28)27-25-24(21-11-7-8-12-22(21)32-25)33(29,30)20-9-5-4-6-10-20/h4-6,9-10,13-16H,7-8,11-12,17H2,1-3H3,(H,27,28). The first kappa shape index (κ1) is 23.5. The third-order valence-corrected chi connectivity index (χ3v) is 9.01. The van der Waals surface area contributed by atoms with E-state index >= 15 is 0 Å². The first-order valence-electron chi connectivity index (χ1n) is 11.1. The van der Waals surface area contributed by atoms with Gasteiger partial charge in [0.05, 0.1) is 4.90 Å². The first-order valence-corrected chi connectivity index (χ1v) is 13.4. The lowest BCUT2D eigenvalue weighted by Crippen LogP contribution is -2.21. The van der Waals surface area contributed by atoms with E-state index in [1.165, 1.54) is 16.9 Å². The topological polar surface area (TPSA) is 72.5 Å². The lowest BCUT2D eigenvalue weighted by Gasteiger charge is -2.19. The summed E-state index contributed by atoms with van der Waals surface area (Å²) < 4.78 is 32.6. The molecule has 0 aliphatic heterocycles. The maximum Gasteiger partial charge on any atom is 0.262 e. The Labute approximate surface area is 199 Å². The molecule has 1 heterocycles. The molecule has 0 spiro atoms. The van der Waals surface area contributed by atoms with Crippen LogP contribution in [0.15, 0.2) is 64.4 Å². The van der Waals surface area contributed by atoms with Crippen LogP contribution in [0.2, 0.25) is 0 Å². The van der Waals surface area contributed by atoms with Gasteiger partial charge in [-0.3, -0.25) is 4.79 Å². The van der Waals surface area contributed by atoms with E-state index in [-0.39, 0.29) is 27.7 Å². The molecular weight excluding hydrogens is 454 g/mol. The van der Waals surface area contributed by atoms with Crippen LogP contribution in [0.5, 0.6) is 5.75 Å². The van der Waals surface area contributed by atoms with Gasteiger partial charge < -0.3 is 10.1 Å². The summed E-state index contributed by atoms with van der Waals surface area (Å²) in [5, 5.41) is 3.22. The van der Waals surface area contributed by atoms with E-state index in [4.69, 9.17) is 4.74 Å². The fourth-order valence-electron chi connectivity index (χ4n) is 3.98. The Morgan fingerprint density at radius 3 is 2.33 bits per heavy atom. The molecule has 0 bridgehead atoms. The first-order chi connectivity index (χ1) is 15.7. The average molecular weight is 484 g/mol. The monoisotopic (exact) mass is 483 g/mol. The van der Waals surface area contributed by atoms with Gasteiger partial charge in [0, 0.05) is 4.88 Å². The summed E-state index contributed by atoms with van der Waals surface area (Å²) in [6.07, 6.45) is 3.52. The molecule has 1 N–H and O–H groups in total. The van der Waals surface area contributed by atoms with Gasteiger partial charge in [-0.25, -0.2) is 8.42 Å². The van der Waals surface area contributed by atoms with E-state index in [1.54, 1.807) is 30.3 Å². The van der Waals surface area contributed by atoms with Gasteiger partial charge in [0.2, 0.25) is 9.84 Å². The van der Waals surface area contributed by atoms with Crippen molar-refractivity contribution in [2.45, 2.75) is 61.7 Å². The zero-order valence-corrected chi connectivity index (χ0v) is 20.8. The molecule has 1 amide bonds. The molecule has 0 unspecified atom stereocenters. The zero-order chi connectivity index (χ0) is 23.6. The van der Waals surface area contributed by atoms with Crippen molar-refractivity contribution in [3.05, 3.63) is 70.6 Å². The molecule has 1 aromatic heterocycles. The molecule has 174 valence electrons. The summed E-state index contributed by atoms with van der Waals surface area (Å²) in [5.74, 6) is 0.221. The third kappa shape index (κ3) is 5.14. The molecule has 0 fully saturated rings. The van der Waals surface area contributed by atoms with Crippen LogP contribution < -0.4 is 10.1 Å². The summed E-state index contributed by atoms with van der Waals surface area (Å²) in [7, 11) is -3.74. The molecule has 0 atom stereocenters. The number of benzene rings is 2. The normalized spacial score (nSPS) is 13.9. The molecule has 2 aromatic carbocycles. The quantitative estimate of drug-likeness (QED) is 0.483. The number of fused-ring (bicyclic) bond motifs is 1. The Hall–Kier alpha value is -2.64. The zero-order valence-electron chi connectivity index (χ0n) is 19.2. The number of thiophene rings is 1. The number of hydrogen-bond donors (Lipinski definition) is 1. The van der Waals surface area contributed by atoms with Crippen LogP contribution >= 0.6 is 11.3 Å². The van der Waals surface area contributed by atoms with E-state index in [2.05, 4.69) is 26.1 Å². The average Bonchev–Trinajstić information content (AvgIpc) is 3.16. The van der Waals surface area contributed by atoms with Crippen LogP contribution in [0.1, 0.15) is 49.6 Å². The molecule has 1 aliphatic carbocycles. The molecule has 1 aliphatic rings. The van der Waals surface area contributed by atoms with Crippen molar-refractivity contribution in [3.8, 4) is 5.75 Å². The molecule has 5 nitrogen and oxygen atoms in total. The second-order valence-electron chi connectivity index (χ2n) is 9.30. The van der Waals surface area contributed by atoms with Crippen LogP contribution in [-0.2, 0) is 32.9 Å². The van der Waals surface area contributed by atoms with Gasteiger partial charge >= 0.3 is 0 Å². The predicted molar refractivity (Wildman–Crippen MR) is 132 cm³/mol. The SMILES string of the molecule is CC(C)(C)c1ccc(OCC(=O)Nc2sc3c(c2S(=O)(=O)c2ccccc2)CCCC3)cc1. The van der Waals surface area contributed by atoms with Crippen molar-refractivity contribution in [2.24, 2.45) is 0 Å². The molecule has 33 heavy (non-hydrogen) atoms. The second-order valence-corrected chi connectivity index (χ2v) is 12.3. The van der Waals surface area contributed by atoms with E-state index in [0.717, 1.165) is 29.7 Å². The lowest BCUT2D eigenvalue weighted by atomic mass is 9.87. The number of anilines is 1. The summed E-state index contributed by atoms with van der Waals surface area (Å²) in [6.45, 7) is 6.22. The minimum absolute atomic E-state index is 0.0365. The number of nitrogens with one attached hydrogen (secondary N) is 1. The van der Waals surface area contributed by atoms with Crippen LogP contribution in [-0.4, -0.2) is 20.9 Å². The number of aryl methyl sites for hydroxylation is 1. The number of rotatable bonds is 6. The van der Waals surface area contributed by atoms with Crippen molar-refractivity contribution in [1.82, 2.24) is 0 Å². The van der Waals surface area contributed by atoms with Crippen molar-refractivity contribution in [2.75, 3.05) is 11.9 Å². The van der Waals surface area contributed by atoms with Gasteiger partial charge in [0.25, 0.3) is 5.91 Å². The predicted octanol–water partition coefficient (Wildman–Crippen LogP) is 5.77. The number of carbonyl (C=O) groups excluding carboxylic acids is 1. The number of amides is 1. The van der Waals surface area contributed by atoms with Crippen molar-refractivity contribution in [3.63, 3.8) is 0 Å². The van der Waals surface area contributed by atoms with Gasteiger partial charge in [0.15, 0.2) is 6.61 Å². The number of hydrogen-bond acceptors (Lipinski definition) is 5. The van der Waals surface area contributed by atoms with E-state index in [0.29, 0.717) is 17.2 Å². The minimum Gasteiger partial charge on any atom is -0.484 e. The van der Waals surface area contributed by atoms with Gasteiger partial charge in [0.1, 0.15) is 15.6 Å². The van der Waals surface area contributed by atoms with E-state index < -0.39 is 9.84 Å². The molecule has 0 saturated heterocycles. The Morgan fingerprint density at radius 2 is 1.67 bits per heavy atom. The smallest absolute Gasteiger partial charge is 0.262 e. The largest absolute Gasteiger partial charge is 0.484 e. The molecule has 3 aromatic rings. The van der Waals surface area contributed by atoms with Crippen LogP contribution in [0, 0.1) is 0 Å². The molecule has 7 heteroatoms. The summed E-state index contributed by atoms with van der Waals surface area (Å²) >= 11 is 1.37. The van der Waals surface area contributed by atoms with Crippen LogP contribution in [0.4, 0.5) is 5.00 Å². The van der Waals surface area contributed by atoms with Crippen molar-refractivity contribution >= 4 is 32.1 Å². The Bertz CT molecular complexity index is 1240. The van der Waals surface area contributed by atoms with Crippen molar-refractivity contribution in [1.29, 1.82) is 0 Å². The Balaban J connectivity index is 1.54. The highest BCUT2D eigenvalue weighted by molar-refractivity contribution is 7.92. The second kappa shape index (κ2) is 9.31. The van der Waals surface area contributed by atoms with Gasteiger partial charge in [-0.2, -0.15) is 0 Å². The minimum atomic E-state index is -3.74. The van der Waals surface area contributed by atoms with Crippen LogP contribution in [0.3, 0.4) is 0 Å². The molecule has 0 saturated carbocycles. The Morgan fingerprint density at radius 1 is 1.00 bits per heavy atom. The molecule has 4 rings (SSSR count). The summed E-state index contributed by atoms with van der Waals surface area (Å²) in [4.78, 5) is 14.2. The van der Waals surface area contributed by atoms with Crippen LogP contribution in [0.25, 0.3) is 0 Å². The maximum absolute atomic E-state index is 13.5. The maximum atomic E-state index is 13.5. The number of ether oxygens (including phenoxy) is 1. The van der Waals surface area contributed by atoms with E-state index in [1.807, 2.05) is 24.3 Å². The fraction of sp³-hybridized carbons (Fsp3) is 0.346. The third-order valence-electron chi connectivity index (χ3n) is 5.79. The van der Waals surface area contributed by atoms with Gasteiger partial charge in [-0.05, 0) is 66.5 Å². The molecular formula is C26H29NO4S2. The highest BCUT2D eigenvalue weighted by Crippen LogP contribution is 2.43. The highest BCUT2D eigenvalue weighted by atomic mass is 32.2.